The van der Waals surface area contributed by atoms with E-state index in [1.807, 2.05) is 17.0 Å². The largest absolute Gasteiger partial charge is 0.417 e. The van der Waals surface area contributed by atoms with Gasteiger partial charge in [-0.2, -0.15) is 18.4 Å². The molecule has 23 heavy (non-hydrogen) atoms. The van der Waals surface area contributed by atoms with Gasteiger partial charge >= 0.3 is 6.18 Å². The summed E-state index contributed by atoms with van der Waals surface area (Å²) in [5, 5.41) is 8.63. The number of anilines is 1. The van der Waals surface area contributed by atoms with Gasteiger partial charge in [0.15, 0.2) is 0 Å². The summed E-state index contributed by atoms with van der Waals surface area (Å²) < 4.78 is 39.0. The molecule has 2 aromatic rings. The van der Waals surface area contributed by atoms with Crippen molar-refractivity contribution in [2.75, 3.05) is 11.4 Å². The highest BCUT2D eigenvalue weighted by atomic mass is 35.5. The Labute approximate surface area is 136 Å². The zero-order chi connectivity index (χ0) is 16.6. The Kier molecular flexibility index (Phi) is 3.95. The second-order valence-electron chi connectivity index (χ2n) is 5.43. The highest BCUT2D eigenvalue weighted by molar-refractivity contribution is 6.31. The first-order valence-electron chi connectivity index (χ1n) is 7.02. The topological polar surface area (TPSA) is 27.0 Å². The molecule has 0 saturated heterocycles. The van der Waals surface area contributed by atoms with Crippen molar-refractivity contribution < 1.29 is 13.2 Å². The zero-order valence-corrected chi connectivity index (χ0v) is 12.7. The molecule has 3 rings (SSSR count). The van der Waals surface area contributed by atoms with E-state index in [-0.39, 0.29) is 5.02 Å². The monoisotopic (exact) mass is 336 g/mol. The highest BCUT2D eigenvalue weighted by Gasteiger charge is 2.34. The molecular weight excluding hydrogens is 325 g/mol. The number of rotatable bonds is 1. The third-order valence-electron chi connectivity index (χ3n) is 3.97. The molecule has 1 heterocycles. The van der Waals surface area contributed by atoms with E-state index in [1.165, 1.54) is 6.07 Å². The first-order valence-corrected chi connectivity index (χ1v) is 7.40. The fourth-order valence-corrected chi connectivity index (χ4v) is 2.99. The van der Waals surface area contributed by atoms with Crippen molar-refractivity contribution in [3.63, 3.8) is 0 Å². The van der Waals surface area contributed by atoms with Crippen LogP contribution in [0.15, 0.2) is 36.4 Å². The summed E-state index contributed by atoms with van der Waals surface area (Å²) in [5.41, 5.74) is 2.38. The van der Waals surface area contributed by atoms with Gasteiger partial charge in [-0.25, -0.2) is 0 Å². The average molecular weight is 337 g/mol. The van der Waals surface area contributed by atoms with Gasteiger partial charge in [0, 0.05) is 18.8 Å². The molecule has 0 atom stereocenters. The second kappa shape index (κ2) is 5.78. The first kappa shape index (κ1) is 15.7. The second-order valence-corrected chi connectivity index (χ2v) is 5.84. The first-order chi connectivity index (χ1) is 10.9. The van der Waals surface area contributed by atoms with Crippen LogP contribution in [0.1, 0.15) is 22.3 Å². The smallest absolute Gasteiger partial charge is 0.367 e. The zero-order valence-electron chi connectivity index (χ0n) is 12.0. The van der Waals surface area contributed by atoms with E-state index < -0.39 is 11.7 Å². The summed E-state index contributed by atoms with van der Waals surface area (Å²) in [5.74, 6) is 0. The predicted octanol–water partition coefficient (Wildman–Crippen LogP) is 4.79. The molecular formula is C17H12ClF3N2. The number of alkyl halides is 3. The van der Waals surface area contributed by atoms with Crippen LogP contribution in [0.2, 0.25) is 5.02 Å². The molecule has 6 heteroatoms. The average Bonchev–Trinajstić information content (AvgIpc) is 2.53. The summed E-state index contributed by atoms with van der Waals surface area (Å²) in [6, 6.07) is 11.5. The molecule has 2 aromatic carbocycles. The lowest BCUT2D eigenvalue weighted by molar-refractivity contribution is -0.137. The van der Waals surface area contributed by atoms with Gasteiger partial charge in [0.05, 0.1) is 22.2 Å². The molecule has 118 valence electrons. The minimum Gasteiger partial charge on any atom is -0.367 e. The number of fused-ring (bicyclic) bond motifs is 1. The number of nitrogens with zero attached hydrogens (tertiary/aromatic N) is 2. The molecule has 2 nitrogen and oxygen atoms in total. The predicted molar refractivity (Wildman–Crippen MR) is 82.4 cm³/mol. The normalized spacial score (nSPS) is 14.3. The quantitative estimate of drug-likeness (QED) is 0.748. The van der Waals surface area contributed by atoms with Crippen LogP contribution in [-0.2, 0) is 19.1 Å². The van der Waals surface area contributed by atoms with Crippen molar-refractivity contribution in [2.45, 2.75) is 19.1 Å². The highest BCUT2D eigenvalue weighted by Crippen LogP contribution is 2.37. The SMILES string of the molecule is N#Cc1ccc2c(c1)CCN(c1ccc(Cl)c(C(F)(F)F)c1)C2. The minimum absolute atomic E-state index is 0.294. The van der Waals surface area contributed by atoms with E-state index in [2.05, 4.69) is 6.07 Å². The molecule has 0 spiro atoms. The van der Waals surface area contributed by atoms with Crippen LogP contribution in [0.4, 0.5) is 18.9 Å². The summed E-state index contributed by atoms with van der Waals surface area (Å²) in [7, 11) is 0. The van der Waals surface area contributed by atoms with Crippen molar-refractivity contribution in [3.05, 3.63) is 63.7 Å². The van der Waals surface area contributed by atoms with Crippen molar-refractivity contribution in [3.8, 4) is 6.07 Å². The third kappa shape index (κ3) is 3.13. The van der Waals surface area contributed by atoms with E-state index in [1.54, 1.807) is 12.1 Å². The molecule has 1 aliphatic heterocycles. The molecule has 0 N–H and O–H groups in total. The van der Waals surface area contributed by atoms with Crippen molar-refractivity contribution in [1.29, 1.82) is 5.26 Å². The fourth-order valence-electron chi connectivity index (χ4n) is 2.77. The molecule has 0 radical (unpaired) electrons. The van der Waals surface area contributed by atoms with Gasteiger partial charge in [0.25, 0.3) is 0 Å². The van der Waals surface area contributed by atoms with Crippen LogP contribution in [-0.4, -0.2) is 6.54 Å². The van der Waals surface area contributed by atoms with Crippen LogP contribution in [0.3, 0.4) is 0 Å². The molecule has 0 amide bonds. The number of hydrogen-bond donors (Lipinski definition) is 0. The fraction of sp³-hybridized carbons (Fsp3) is 0.235. The van der Waals surface area contributed by atoms with E-state index >= 15 is 0 Å². The van der Waals surface area contributed by atoms with Crippen LogP contribution in [0.5, 0.6) is 0 Å². The molecule has 0 aliphatic carbocycles. The Morgan fingerprint density at radius 3 is 2.57 bits per heavy atom. The summed E-state index contributed by atoms with van der Waals surface area (Å²) >= 11 is 5.67. The number of halogens is 4. The van der Waals surface area contributed by atoms with E-state index in [4.69, 9.17) is 16.9 Å². The maximum Gasteiger partial charge on any atom is 0.417 e. The molecule has 1 aliphatic rings. The maximum atomic E-state index is 13.0. The molecule has 0 unspecified atom stereocenters. The Morgan fingerprint density at radius 1 is 1.09 bits per heavy atom. The van der Waals surface area contributed by atoms with Gasteiger partial charge < -0.3 is 4.90 Å². The third-order valence-corrected chi connectivity index (χ3v) is 4.30. The summed E-state index contributed by atoms with van der Waals surface area (Å²) in [6.07, 6.45) is -3.78. The van der Waals surface area contributed by atoms with Crippen LogP contribution in [0, 0.1) is 11.3 Å². The molecule has 0 aromatic heterocycles. The van der Waals surface area contributed by atoms with Crippen LogP contribution in [0.25, 0.3) is 0 Å². The standard InChI is InChI=1S/C17H12ClF3N2/c18-16-4-3-14(8-15(16)17(19,20)21)23-6-5-12-7-11(9-22)1-2-13(12)10-23/h1-4,7-8H,5-6,10H2. The van der Waals surface area contributed by atoms with Crippen molar-refractivity contribution in [2.24, 2.45) is 0 Å². The Bertz CT molecular complexity index is 793. The van der Waals surface area contributed by atoms with Gasteiger partial charge in [-0.05, 0) is 47.9 Å². The maximum absolute atomic E-state index is 13.0. The lowest BCUT2D eigenvalue weighted by Gasteiger charge is -2.31. The number of hydrogen-bond acceptors (Lipinski definition) is 2. The molecule has 0 fully saturated rings. The number of benzene rings is 2. The van der Waals surface area contributed by atoms with E-state index in [9.17, 15) is 13.2 Å². The van der Waals surface area contributed by atoms with E-state index in [0.29, 0.717) is 30.8 Å². The summed E-state index contributed by atoms with van der Waals surface area (Å²) in [4.78, 5) is 1.89. The van der Waals surface area contributed by atoms with Gasteiger partial charge in [-0.3, -0.25) is 0 Å². The Morgan fingerprint density at radius 2 is 1.87 bits per heavy atom. The Balaban J connectivity index is 1.91. The van der Waals surface area contributed by atoms with Crippen LogP contribution < -0.4 is 4.90 Å². The van der Waals surface area contributed by atoms with Gasteiger partial charge in [0.1, 0.15) is 0 Å². The Hall–Kier alpha value is -2.19. The number of nitriles is 1. The lowest BCUT2D eigenvalue weighted by Crippen LogP contribution is -2.30. The van der Waals surface area contributed by atoms with Crippen molar-refractivity contribution >= 4 is 17.3 Å². The summed E-state index contributed by atoms with van der Waals surface area (Å²) in [6.45, 7) is 1.11. The van der Waals surface area contributed by atoms with Crippen LogP contribution >= 0.6 is 11.6 Å². The lowest BCUT2D eigenvalue weighted by atomic mass is 9.97. The minimum atomic E-state index is -4.47. The molecule has 0 saturated carbocycles. The molecule has 0 bridgehead atoms. The van der Waals surface area contributed by atoms with Gasteiger partial charge in [0.2, 0.25) is 0 Å². The van der Waals surface area contributed by atoms with Gasteiger partial charge in [-0.1, -0.05) is 17.7 Å². The van der Waals surface area contributed by atoms with E-state index in [0.717, 1.165) is 17.2 Å². The van der Waals surface area contributed by atoms with Gasteiger partial charge in [-0.15, -0.1) is 0 Å². The van der Waals surface area contributed by atoms with Crippen molar-refractivity contribution in [1.82, 2.24) is 0 Å².